The molecule has 1 aliphatic heterocycles. The van der Waals surface area contributed by atoms with E-state index in [1.807, 2.05) is 43.3 Å². The fourth-order valence-electron chi connectivity index (χ4n) is 3.49. The summed E-state index contributed by atoms with van der Waals surface area (Å²) < 4.78 is 0. The van der Waals surface area contributed by atoms with E-state index in [1.54, 1.807) is 12.3 Å². The third kappa shape index (κ3) is 4.14. The average molecular weight is 372 g/mol. The van der Waals surface area contributed by atoms with E-state index in [4.69, 9.17) is 0 Å². The first-order valence-electron chi connectivity index (χ1n) is 9.58. The van der Waals surface area contributed by atoms with Crippen molar-refractivity contribution in [3.8, 4) is 0 Å². The van der Waals surface area contributed by atoms with Crippen LogP contribution in [0.15, 0.2) is 72.9 Å². The zero-order valence-electron chi connectivity index (χ0n) is 16.0. The molecule has 4 rings (SSSR count). The number of carbonyl (C=O) groups is 1. The van der Waals surface area contributed by atoms with Gasteiger partial charge in [0, 0.05) is 37.6 Å². The largest absolute Gasteiger partial charge is 0.368 e. The van der Waals surface area contributed by atoms with Crippen molar-refractivity contribution < 1.29 is 4.79 Å². The number of carbonyl (C=O) groups excluding carboxylic acids is 1. The number of anilines is 3. The molecule has 1 aromatic heterocycles. The average Bonchev–Trinajstić information content (AvgIpc) is 2.75. The molecular weight excluding hydrogens is 348 g/mol. The smallest absolute Gasteiger partial charge is 0.274 e. The zero-order valence-corrected chi connectivity index (χ0v) is 16.0. The number of pyridine rings is 1. The minimum Gasteiger partial charge on any atom is -0.368 e. The van der Waals surface area contributed by atoms with E-state index in [2.05, 4.69) is 44.4 Å². The van der Waals surface area contributed by atoms with Crippen molar-refractivity contribution in [2.75, 3.05) is 41.3 Å². The van der Waals surface area contributed by atoms with Gasteiger partial charge in [-0.2, -0.15) is 0 Å². The Balaban J connectivity index is 1.36. The highest BCUT2D eigenvalue weighted by Gasteiger charge is 2.18. The maximum absolute atomic E-state index is 12.4. The molecule has 1 N–H and O–H groups in total. The van der Waals surface area contributed by atoms with E-state index >= 15 is 0 Å². The van der Waals surface area contributed by atoms with Crippen molar-refractivity contribution in [2.24, 2.45) is 0 Å². The van der Waals surface area contributed by atoms with Crippen LogP contribution in [0.2, 0.25) is 0 Å². The highest BCUT2D eigenvalue weighted by Crippen LogP contribution is 2.20. The fraction of sp³-hybridized carbons (Fsp3) is 0.217. The molecule has 0 saturated carbocycles. The summed E-state index contributed by atoms with van der Waals surface area (Å²) in [6, 6.07) is 22.0. The molecule has 5 nitrogen and oxygen atoms in total. The Hall–Kier alpha value is -3.34. The van der Waals surface area contributed by atoms with Crippen LogP contribution < -0.4 is 15.1 Å². The van der Waals surface area contributed by atoms with Gasteiger partial charge in [0.1, 0.15) is 5.69 Å². The highest BCUT2D eigenvalue weighted by atomic mass is 16.1. The summed E-state index contributed by atoms with van der Waals surface area (Å²) in [4.78, 5) is 21.5. The molecule has 0 atom stereocenters. The summed E-state index contributed by atoms with van der Waals surface area (Å²) in [6.45, 7) is 5.82. The lowest BCUT2D eigenvalue weighted by Gasteiger charge is -2.37. The minimum atomic E-state index is -0.189. The second-order valence-corrected chi connectivity index (χ2v) is 7.03. The number of amides is 1. The Labute approximate surface area is 165 Å². The number of para-hydroxylation sites is 1. The van der Waals surface area contributed by atoms with Gasteiger partial charge < -0.3 is 15.1 Å². The van der Waals surface area contributed by atoms with E-state index in [0.717, 1.165) is 43.1 Å². The van der Waals surface area contributed by atoms with Crippen LogP contribution in [0.4, 0.5) is 17.1 Å². The predicted octanol–water partition coefficient (Wildman–Crippen LogP) is 3.97. The third-order valence-corrected chi connectivity index (χ3v) is 5.02. The van der Waals surface area contributed by atoms with Gasteiger partial charge in [0.2, 0.25) is 0 Å². The second-order valence-electron chi connectivity index (χ2n) is 7.03. The van der Waals surface area contributed by atoms with Crippen molar-refractivity contribution in [2.45, 2.75) is 6.92 Å². The van der Waals surface area contributed by atoms with Crippen molar-refractivity contribution in [3.63, 3.8) is 0 Å². The van der Waals surface area contributed by atoms with Crippen molar-refractivity contribution >= 4 is 23.0 Å². The molecule has 2 aromatic carbocycles. The van der Waals surface area contributed by atoms with Crippen LogP contribution >= 0.6 is 0 Å². The SMILES string of the molecule is Cc1cccc(NC(=O)c2ccc(N3CCN(c4ccccc4)CC3)cn2)c1. The van der Waals surface area contributed by atoms with Crippen LogP contribution in [0.5, 0.6) is 0 Å². The van der Waals surface area contributed by atoms with Crippen LogP contribution in [0.1, 0.15) is 16.1 Å². The Morgan fingerprint density at radius 3 is 2.21 bits per heavy atom. The second kappa shape index (κ2) is 8.13. The normalized spacial score (nSPS) is 14.0. The molecule has 0 radical (unpaired) electrons. The van der Waals surface area contributed by atoms with Crippen LogP contribution in [-0.2, 0) is 0 Å². The standard InChI is InChI=1S/C23H24N4O/c1-18-6-5-7-19(16-18)25-23(28)22-11-10-21(17-24-22)27-14-12-26(13-15-27)20-8-3-2-4-9-20/h2-11,16-17H,12-15H2,1H3,(H,25,28). The van der Waals surface area contributed by atoms with Crippen LogP contribution in [0, 0.1) is 6.92 Å². The Bertz CT molecular complexity index is 932. The molecule has 1 saturated heterocycles. The zero-order chi connectivity index (χ0) is 19.3. The number of hydrogen-bond donors (Lipinski definition) is 1. The predicted molar refractivity (Wildman–Crippen MR) is 114 cm³/mol. The molecule has 3 aromatic rings. The molecule has 1 amide bonds. The quantitative estimate of drug-likeness (QED) is 0.753. The first kappa shape index (κ1) is 18.0. The van der Waals surface area contributed by atoms with Crippen molar-refractivity contribution in [1.82, 2.24) is 4.98 Å². The molecule has 1 fully saturated rings. The molecule has 0 bridgehead atoms. The van der Waals surface area contributed by atoms with Crippen LogP contribution in [0.25, 0.3) is 0 Å². The molecule has 0 unspecified atom stereocenters. The van der Waals surface area contributed by atoms with Crippen molar-refractivity contribution in [1.29, 1.82) is 0 Å². The Morgan fingerprint density at radius 2 is 1.57 bits per heavy atom. The highest BCUT2D eigenvalue weighted by molar-refractivity contribution is 6.03. The maximum Gasteiger partial charge on any atom is 0.274 e. The van der Waals surface area contributed by atoms with Gasteiger partial charge in [-0.25, -0.2) is 4.98 Å². The lowest BCUT2D eigenvalue weighted by molar-refractivity contribution is 0.102. The molecule has 2 heterocycles. The monoisotopic (exact) mass is 372 g/mol. The van der Waals surface area contributed by atoms with Gasteiger partial charge in [-0.05, 0) is 48.9 Å². The first-order valence-corrected chi connectivity index (χ1v) is 9.58. The molecule has 142 valence electrons. The van der Waals surface area contributed by atoms with E-state index in [-0.39, 0.29) is 5.91 Å². The maximum atomic E-state index is 12.4. The molecule has 0 spiro atoms. The Kier molecular flexibility index (Phi) is 5.24. The van der Waals surface area contributed by atoms with Gasteiger partial charge >= 0.3 is 0 Å². The van der Waals surface area contributed by atoms with Gasteiger partial charge in [-0.3, -0.25) is 4.79 Å². The summed E-state index contributed by atoms with van der Waals surface area (Å²) in [5.41, 5.74) is 4.64. The summed E-state index contributed by atoms with van der Waals surface area (Å²) >= 11 is 0. The molecule has 0 aliphatic carbocycles. The summed E-state index contributed by atoms with van der Waals surface area (Å²) in [7, 11) is 0. The van der Waals surface area contributed by atoms with Crippen LogP contribution in [-0.4, -0.2) is 37.1 Å². The number of benzene rings is 2. The van der Waals surface area contributed by atoms with Gasteiger partial charge in [0.25, 0.3) is 5.91 Å². The lowest BCUT2D eigenvalue weighted by atomic mass is 10.2. The Morgan fingerprint density at radius 1 is 0.857 bits per heavy atom. The molecule has 28 heavy (non-hydrogen) atoms. The van der Waals surface area contributed by atoms with Crippen molar-refractivity contribution in [3.05, 3.63) is 84.2 Å². The minimum absolute atomic E-state index is 0.189. The van der Waals surface area contributed by atoms with E-state index < -0.39 is 0 Å². The number of piperazine rings is 1. The lowest BCUT2D eigenvalue weighted by Crippen LogP contribution is -2.46. The summed E-state index contributed by atoms with van der Waals surface area (Å²) in [5.74, 6) is -0.189. The number of nitrogens with one attached hydrogen (secondary N) is 1. The number of rotatable bonds is 4. The fourth-order valence-corrected chi connectivity index (χ4v) is 3.49. The van der Waals surface area contributed by atoms with Gasteiger partial charge in [0.15, 0.2) is 0 Å². The van der Waals surface area contributed by atoms with E-state index in [1.165, 1.54) is 5.69 Å². The number of nitrogens with zero attached hydrogens (tertiary/aromatic N) is 3. The molecule has 1 aliphatic rings. The molecule has 5 heteroatoms. The summed E-state index contributed by atoms with van der Waals surface area (Å²) in [5, 5.41) is 2.90. The first-order chi connectivity index (χ1) is 13.7. The summed E-state index contributed by atoms with van der Waals surface area (Å²) in [6.07, 6.45) is 1.79. The number of hydrogen-bond acceptors (Lipinski definition) is 4. The van der Waals surface area contributed by atoms with Gasteiger partial charge in [-0.1, -0.05) is 30.3 Å². The van der Waals surface area contributed by atoms with E-state index in [0.29, 0.717) is 5.69 Å². The third-order valence-electron chi connectivity index (χ3n) is 5.02. The topological polar surface area (TPSA) is 48.5 Å². The van der Waals surface area contributed by atoms with E-state index in [9.17, 15) is 4.79 Å². The number of aryl methyl sites for hydroxylation is 1. The van der Waals surface area contributed by atoms with Gasteiger partial charge in [-0.15, -0.1) is 0 Å². The molecular formula is C23H24N4O. The number of aromatic nitrogens is 1. The van der Waals surface area contributed by atoms with Gasteiger partial charge in [0.05, 0.1) is 11.9 Å². The van der Waals surface area contributed by atoms with Crippen LogP contribution in [0.3, 0.4) is 0 Å².